The Bertz CT molecular complexity index is 576. The quantitative estimate of drug-likeness (QED) is 0.786. The molecule has 1 atom stereocenters. The first-order valence-electron chi connectivity index (χ1n) is 7.31. The van der Waals surface area contributed by atoms with Crippen LogP contribution in [-0.4, -0.2) is 44.0 Å². The van der Waals surface area contributed by atoms with E-state index in [1.807, 2.05) is 0 Å². The van der Waals surface area contributed by atoms with Crippen LogP contribution in [0.5, 0.6) is 0 Å². The van der Waals surface area contributed by atoms with Crippen LogP contribution in [-0.2, 0) is 21.3 Å². The van der Waals surface area contributed by atoms with E-state index in [4.69, 9.17) is 10.5 Å². The molecule has 1 unspecified atom stereocenters. The highest BCUT2D eigenvalue weighted by molar-refractivity contribution is 7.89. The lowest BCUT2D eigenvalue weighted by Crippen LogP contribution is -2.35. The van der Waals surface area contributed by atoms with Gasteiger partial charge in [0.2, 0.25) is 10.0 Å². The maximum Gasteiger partial charge on any atom is 0.244 e. The molecule has 7 nitrogen and oxygen atoms in total. The number of ether oxygens (including phenoxy) is 1. The number of hydrogen-bond donors (Lipinski definition) is 2. The minimum Gasteiger partial charge on any atom is -0.377 e. The van der Waals surface area contributed by atoms with E-state index in [9.17, 15) is 8.42 Å². The van der Waals surface area contributed by atoms with Crippen LogP contribution in [0.1, 0.15) is 30.7 Å². The van der Waals surface area contributed by atoms with Gasteiger partial charge < -0.3 is 10.5 Å². The zero-order valence-electron chi connectivity index (χ0n) is 12.6. The second-order valence-corrected chi connectivity index (χ2v) is 7.06. The van der Waals surface area contributed by atoms with Gasteiger partial charge in [0.05, 0.1) is 24.0 Å². The molecule has 1 aromatic heterocycles. The summed E-state index contributed by atoms with van der Waals surface area (Å²) in [5, 5.41) is 4.25. The molecule has 0 radical (unpaired) electrons. The van der Waals surface area contributed by atoms with Gasteiger partial charge in [-0.25, -0.2) is 13.1 Å². The van der Waals surface area contributed by atoms with Gasteiger partial charge in [0.25, 0.3) is 0 Å². The van der Waals surface area contributed by atoms with E-state index < -0.39 is 10.0 Å². The predicted octanol–water partition coefficient (Wildman–Crippen LogP) is 0.306. The first-order valence-corrected chi connectivity index (χ1v) is 8.79. The van der Waals surface area contributed by atoms with Crippen molar-refractivity contribution >= 4 is 10.0 Å². The van der Waals surface area contributed by atoms with Crippen LogP contribution in [0, 0.1) is 13.8 Å². The Balaban J connectivity index is 2.11. The van der Waals surface area contributed by atoms with Gasteiger partial charge in [-0.1, -0.05) is 0 Å². The normalized spacial score (nSPS) is 19.9. The molecule has 2 heterocycles. The van der Waals surface area contributed by atoms with Crippen LogP contribution >= 0.6 is 0 Å². The lowest BCUT2D eigenvalue weighted by Gasteiger charge is -2.22. The van der Waals surface area contributed by atoms with Crippen LogP contribution in [0.15, 0.2) is 4.90 Å². The second-order valence-electron chi connectivity index (χ2n) is 5.35. The molecule has 0 spiro atoms. The summed E-state index contributed by atoms with van der Waals surface area (Å²) in [4.78, 5) is 0.256. The van der Waals surface area contributed by atoms with E-state index >= 15 is 0 Å². The van der Waals surface area contributed by atoms with Gasteiger partial charge in [-0.15, -0.1) is 0 Å². The molecule has 3 N–H and O–H groups in total. The van der Waals surface area contributed by atoms with Crippen LogP contribution in [0.25, 0.3) is 0 Å². The molecule has 1 saturated heterocycles. The number of rotatable bonds is 6. The molecule has 120 valence electrons. The average molecular weight is 316 g/mol. The van der Waals surface area contributed by atoms with Gasteiger partial charge >= 0.3 is 0 Å². The van der Waals surface area contributed by atoms with Crippen LogP contribution in [0.4, 0.5) is 0 Å². The van der Waals surface area contributed by atoms with Crippen LogP contribution < -0.4 is 10.5 Å². The highest BCUT2D eigenvalue weighted by Crippen LogP contribution is 2.20. The topological polar surface area (TPSA) is 99.2 Å². The zero-order chi connectivity index (χ0) is 15.5. The van der Waals surface area contributed by atoms with E-state index in [0.29, 0.717) is 37.6 Å². The molecular formula is C13H24N4O3S. The van der Waals surface area contributed by atoms with Crippen molar-refractivity contribution in [3.8, 4) is 0 Å². The monoisotopic (exact) mass is 316 g/mol. The van der Waals surface area contributed by atoms with Gasteiger partial charge in [-0.05, 0) is 33.1 Å². The van der Waals surface area contributed by atoms with Gasteiger partial charge in [0, 0.05) is 19.7 Å². The van der Waals surface area contributed by atoms with E-state index in [-0.39, 0.29) is 11.0 Å². The molecule has 0 saturated carbocycles. The third-order valence-electron chi connectivity index (χ3n) is 3.70. The molecule has 21 heavy (non-hydrogen) atoms. The molecule has 0 bridgehead atoms. The minimum absolute atomic E-state index is 0.0341. The first-order chi connectivity index (χ1) is 9.95. The number of sulfonamides is 1. The third-order valence-corrected chi connectivity index (χ3v) is 5.37. The highest BCUT2D eigenvalue weighted by Gasteiger charge is 2.25. The number of nitrogens with two attached hydrogens (primary N) is 1. The summed E-state index contributed by atoms with van der Waals surface area (Å²) in [6.07, 6.45) is 2.99. The molecule has 1 aliphatic heterocycles. The molecule has 1 aliphatic rings. The fourth-order valence-corrected chi connectivity index (χ4v) is 4.13. The van der Waals surface area contributed by atoms with Crippen molar-refractivity contribution in [1.82, 2.24) is 14.5 Å². The zero-order valence-corrected chi connectivity index (χ0v) is 13.4. The van der Waals surface area contributed by atoms with Gasteiger partial charge in [0.15, 0.2) is 0 Å². The molecular weight excluding hydrogens is 292 g/mol. The summed E-state index contributed by atoms with van der Waals surface area (Å²) in [5.74, 6) is 0. The Morgan fingerprint density at radius 1 is 1.43 bits per heavy atom. The lowest BCUT2D eigenvalue weighted by atomic mass is 10.1. The Morgan fingerprint density at radius 3 is 2.81 bits per heavy atom. The van der Waals surface area contributed by atoms with E-state index in [2.05, 4.69) is 9.82 Å². The molecule has 0 aromatic carbocycles. The Kier molecular flexibility index (Phi) is 5.37. The Labute approximate surface area is 125 Å². The summed E-state index contributed by atoms with van der Waals surface area (Å²) in [6.45, 7) is 5.40. The first kappa shape index (κ1) is 16.4. The smallest absolute Gasteiger partial charge is 0.244 e. The maximum absolute atomic E-state index is 12.5. The largest absolute Gasteiger partial charge is 0.377 e. The van der Waals surface area contributed by atoms with Crippen molar-refractivity contribution in [2.45, 2.75) is 50.7 Å². The molecule has 8 heteroatoms. The van der Waals surface area contributed by atoms with Crippen molar-refractivity contribution in [1.29, 1.82) is 0 Å². The van der Waals surface area contributed by atoms with Gasteiger partial charge in [-0.3, -0.25) is 4.68 Å². The summed E-state index contributed by atoms with van der Waals surface area (Å²) >= 11 is 0. The summed E-state index contributed by atoms with van der Waals surface area (Å²) < 4.78 is 34.8. The summed E-state index contributed by atoms with van der Waals surface area (Å²) in [7, 11) is -3.57. The van der Waals surface area contributed by atoms with Crippen molar-refractivity contribution in [3.05, 3.63) is 11.4 Å². The fourth-order valence-electron chi connectivity index (χ4n) is 2.65. The second kappa shape index (κ2) is 6.87. The summed E-state index contributed by atoms with van der Waals surface area (Å²) in [6, 6.07) is 0. The van der Waals surface area contributed by atoms with Crippen LogP contribution in [0.2, 0.25) is 0 Å². The standard InChI is InChI=1S/C13H24N4O3S/c1-10-13(11(2)17(16-10)7-6-14)21(18,19)15-9-12-5-3-4-8-20-12/h12,15H,3-9,14H2,1-2H3. The molecule has 2 rings (SSSR count). The number of nitrogens with one attached hydrogen (secondary N) is 1. The van der Waals surface area contributed by atoms with E-state index in [1.54, 1.807) is 18.5 Å². The Morgan fingerprint density at radius 2 is 2.19 bits per heavy atom. The van der Waals surface area contributed by atoms with E-state index in [1.165, 1.54) is 0 Å². The predicted molar refractivity (Wildman–Crippen MR) is 79.5 cm³/mol. The van der Waals surface area contributed by atoms with Crippen molar-refractivity contribution in [3.63, 3.8) is 0 Å². The van der Waals surface area contributed by atoms with Crippen molar-refractivity contribution in [2.24, 2.45) is 5.73 Å². The maximum atomic E-state index is 12.5. The minimum atomic E-state index is -3.57. The molecule has 1 aromatic rings. The number of aryl methyl sites for hydroxylation is 1. The highest BCUT2D eigenvalue weighted by atomic mass is 32.2. The van der Waals surface area contributed by atoms with Crippen LogP contribution in [0.3, 0.4) is 0 Å². The molecule has 0 aliphatic carbocycles. The lowest BCUT2D eigenvalue weighted by molar-refractivity contribution is 0.0200. The molecule has 0 amide bonds. The van der Waals surface area contributed by atoms with Crippen molar-refractivity contribution < 1.29 is 13.2 Å². The number of aromatic nitrogens is 2. The van der Waals surface area contributed by atoms with Gasteiger partial charge in [0.1, 0.15) is 4.90 Å². The Hall–Kier alpha value is -0.960. The van der Waals surface area contributed by atoms with Gasteiger partial charge in [-0.2, -0.15) is 5.10 Å². The molecule has 1 fully saturated rings. The number of nitrogens with zero attached hydrogens (tertiary/aromatic N) is 2. The number of hydrogen-bond acceptors (Lipinski definition) is 5. The fraction of sp³-hybridized carbons (Fsp3) is 0.769. The van der Waals surface area contributed by atoms with E-state index in [0.717, 1.165) is 19.3 Å². The summed E-state index contributed by atoms with van der Waals surface area (Å²) in [5.41, 5.74) is 6.63. The third kappa shape index (κ3) is 3.82. The SMILES string of the molecule is Cc1nn(CCN)c(C)c1S(=O)(=O)NCC1CCCCO1. The average Bonchev–Trinajstić information content (AvgIpc) is 2.73. The van der Waals surface area contributed by atoms with Crippen molar-refractivity contribution in [2.75, 3.05) is 19.7 Å².